The molecular weight excluding hydrogens is 394 g/mol. The zero-order valence-corrected chi connectivity index (χ0v) is 17.5. The van der Waals surface area contributed by atoms with Crippen molar-refractivity contribution in [2.45, 2.75) is 44.1 Å². The van der Waals surface area contributed by atoms with Crippen LogP contribution in [0.3, 0.4) is 0 Å². The molecular formula is C23H27N5O3. The topological polar surface area (TPSA) is 98.4 Å². The van der Waals surface area contributed by atoms with E-state index in [4.69, 9.17) is 0 Å². The maximum Gasteiger partial charge on any atom is 0.257 e. The van der Waals surface area contributed by atoms with E-state index in [-0.39, 0.29) is 36.1 Å². The number of nitrogens with zero attached hydrogens (tertiary/aromatic N) is 3. The van der Waals surface area contributed by atoms with Gasteiger partial charge in [0.15, 0.2) is 0 Å². The Labute approximate surface area is 181 Å². The van der Waals surface area contributed by atoms with Gasteiger partial charge in [0, 0.05) is 37.7 Å². The Hall–Kier alpha value is -3.16. The zero-order chi connectivity index (χ0) is 21.4. The van der Waals surface area contributed by atoms with Crippen molar-refractivity contribution in [2.75, 3.05) is 26.2 Å². The van der Waals surface area contributed by atoms with Gasteiger partial charge in [0.2, 0.25) is 5.91 Å². The fourth-order valence-corrected chi connectivity index (χ4v) is 5.09. The Morgan fingerprint density at radius 1 is 1.06 bits per heavy atom. The van der Waals surface area contributed by atoms with Crippen LogP contribution < -0.4 is 5.32 Å². The molecule has 1 aromatic carbocycles. The van der Waals surface area contributed by atoms with Gasteiger partial charge in [-0.2, -0.15) is 5.10 Å². The Morgan fingerprint density at radius 2 is 1.84 bits per heavy atom. The first kappa shape index (κ1) is 19.8. The number of piperidine rings is 1. The molecule has 1 aromatic heterocycles. The lowest BCUT2D eigenvalue weighted by Crippen LogP contribution is -2.41. The number of carbonyl (C=O) groups excluding carboxylic acids is 3. The van der Waals surface area contributed by atoms with Crippen molar-refractivity contribution < 1.29 is 14.4 Å². The van der Waals surface area contributed by atoms with Gasteiger partial charge in [-0.05, 0) is 37.3 Å². The van der Waals surface area contributed by atoms with Crippen LogP contribution in [0.15, 0.2) is 30.5 Å². The molecule has 8 nitrogen and oxygen atoms in total. The number of hydrogen-bond donors (Lipinski definition) is 2. The Morgan fingerprint density at radius 3 is 2.68 bits per heavy atom. The van der Waals surface area contributed by atoms with Crippen LogP contribution in [0, 0.1) is 0 Å². The number of likely N-dealkylation sites (tertiary alicyclic amines) is 2. The van der Waals surface area contributed by atoms with Crippen LogP contribution in [-0.4, -0.2) is 63.9 Å². The number of H-pyrrole nitrogens is 1. The highest BCUT2D eigenvalue weighted by atomic mass is 16.2. The third-order valence-corrected chi connectivity index (χ3v) is 6.74. The molecule has 0 radical (unpaired) electrons. The maximum absolute atomic E-state index is 13.1. The van der Waals surface area contributed by atoms with Gasteiger partial charge in [-0.1, -0.05) is 18.2 Å². The maximum atomic E-state index is 13.1. The summed E-state index contributed by atoms with van der Waals surface area (Å²) < 4.78 is 0. The van der Waals surface area contributed by atoms with Gasteiger partial charge in [-0.3, -0.25) is 19.5 Å². The van der Waals surface area contributed by atoms with E-state index in [1.807, 2.05) is 28.0 Å². The predicted molar refractivity (Wildman–Crippen MR) is 114 cm³/mol. The van der Waals surface area contributed by atoms with Crippen molar-refractivity contribution in [1.29, 1.82) is 0 Å². The smallest absolute Gasteiger partial charge is 0.257 e. The molecule has 0 aliphatic carbocycles. The Bertz CT molecular complexity index is 1010. The number of nitrogens with one attached hydrogen (secondary N) is 2. The van der Waals surface area contributed by atoms with Gasteiger partial charge < -0.3 is 15.1 Å². The van der Waals surface area contributed by atoms with Crippen LogP contribution in [0.2, 0.25) is 0 Å². The molecule has 3 aliphatic rings. The van der Waals surface area contributed by atoms with Crippen molar-refractivity contribution >= 4 is 17.7 Å². The first-order valence-electron chi connectivity index (χ1n) is 11.1. The molecule has 3 amide bonds. The molecule has 2 N–H and O–H groups in total. The number of benzene rings is 1. The van der Waals surface area contributed by atoms with E-state index in [0.29, 0.717) is 24.2 Å². The van der Waals surface area contributed by atoms with E-state index in [9.17, 15) is 14.4 Å². The number of carbonyl (C=O) groups is 3. The van der Waals surface area contributed by atoms with Crippen LogP contribution in [0.4, 0.5) is 0 Å². The summed E-state index contributed by atoms with van der Waals surface area (Å²) in [6.45, 7) is 2.85. The highest BCUT2D eigenvalue weighted by Gasteiger charge is 2.34. The highest BCUT2D eigenvalue weighted by Crippen LogP contribution is 2.32. The number of aromatic amines is 1. The van der Waals surface area contributed by atoms with E-state index in [0.717, 1.165) is 50.0 Å². The molecule has 2 unspecified atom stereocenters. The minimum atomic E-state index is -0.281. The number of aromatic nitrogens is 2. The first-order chi connectivity index (χ1) is 15.1. The first-order valence-corrected chi connectivity index (χ1v) is 11.1. The second-order valence-corrected chi connectivity index (χ2v) is 8.69. The van der Waals surface area contributed by atoms with Crippen LogP contribution in [0.1, 0.15) is 76.0 Å². The molecule has 5 rings (SSSR count). The molecule has 2 atom stereocenters. The van der Waals surface area contributed by atoms with Gasteiger partial charge in [0.25, 0.3) is 11.8 Å². The number of amides is 3. The van der Waals surface area contributed by atoms with Crippen LogP contribution in [-0.2, 0) is 4.79 Å². The zero-order valence-electron chi connectivity index (χ0n) is 17.5. The molecule has 8 heteroatoms. The number of rotatable bonds is 4. The molecule has 0 spiro atoms. The van der Waals surface area contributed by atoms with Gasteiger partial charge in [0.05, 0.1) is 29.9 Å². The minimum absolute atomic E-state index is 0.0265. The van der Waals surface area contributed by atoms with E-state index in [1.54, 1.807) is 12.3 Å². The summed E-state index contributed by atoms with van der Waals surface area (Å²) in [5.74, 6) is 0.00766. The lowest BCUT2D eigenvalue weighted by Gasteiger charge is -2.33. The van der Waals surface area contributed by atoms with E-state index >= 15 is 0 Å². The molecule has 0 bridgehead atoms. The van der Waals surface area contributed by atoms with Crippen LogP contribution >= 0.6 is 0 Å². The summed E-state index contributed by atoms with van der Waals surface area (Å²) in [5, 5.41) is 10.1. The summed E-state index contributed by atoms with van der Waals surface area (Å²) in [6, 6.07) is 7.15. The summed E-state index contributed by atoms with van der Waals surface area (Å²) >= 11 is 0. The quantitative estimate of drug-likeness (QED) is 0.791. The average Bonchev–Trinajstić information content (AvgIpc) is 3.55. The summed E-state index contributed by atoms with van der Waals surface area (Å²) in [7, 11) is 0. The normalized spacial score (nSPS) is 23.0. The average molecular weight is 422 g/mol. The van der Waals surface area contributed by atoms with Crippen molar-refractivity contribution in [3.63, 3.8) is 0 Å². The third-order valence-electron chi connectivity index (χ3n) is 6.74. The molecule has 4 heterocycles. The Balaban J connectivity index is 1.27. The van der Waals surface area contributed by atoms with Gasteiger partial charge >= 0.3 is 0 Å². The summed E-state index contributed by atoms with van der Waals surface area (Å²) in [5.41, 5.74) is 3.02. The third kappa shape index (κ3) is 3.71. The van der Waals surface area contributed by atoms with Crippen molar-refractivity contribution in [3.8, 4) is 0 Å². The summed E-state index contributed by atoms with van der Waals surface area (Å²) in [4.78, 5) is 41.9. The second kappa shape index (κ2) is 8.17. The number of hydrogen-bond acceptors (Lipinski definition) is 4. The van der Waals surface area contributed by atoms with Gasteiger partial charge in [-0.25, -0.2) is 0 Å². The molecule has 2 fully saturated rings. The molecule has 162 valence electrons. The van der Waals surface area contributed by atoms with Crippen LogP contribution in [0.5, 0.6) is 0 Å². The molecule has 3 aliphatic heterocycles. The fourth-order valence-electron chi connectivity index (χ4n) is 5.09. The molecule has 2 aromatic rings. The van der Waals surface area contributed by atoms with E-state index in [1.165, 1.54) is 0 Å². The fraction of sp³-hybridized carbons (Fsp3) is 0.478. The van der Waals surface area contributed by atoms with Crippen molar-refractivity contribution in [3.05, 3.63) is 52.8 Å². The second-order valence-electron chi connectivity index (χ2n) is 8.69. The molecule has 31 heavy (non-hydrogen) atoms. The van der Waals surface area contributed by atoms with E-state index in [2.05, 4.69) is 15.5 Å². The van der Waals surface area contributed by atoms with Crippen LogP contribution in [0.25, 0.3) is 0 Å². The van der Waals surface area contributed by atoms with E-state index < -0.39 is 0 Å². The van der Waals surface area contributed by atoms with Crippen molar-refractivity contribution in [2.24, 2.45) is 0 Å². The molecule has 2 saturated heterocycles. The molecule has 0 saturated carbocycles. The SMILES string of the molecule is O=C1NC(CC(=O)N2CCCC(c3[nH]ncc3C(=O)N3CCCC3)C2)c2ccccc21. The minimum Gasteiger partial charge on any atom is -0.345 e. The van der Waals surface area contributed by atoms with Crippen molar-refractivity contribution in [1.82, 2.24) is 25.3 Å². The highest BCUT2D eigenvalue weighted by molar-refractivity contribution is 5.99. The standard InChI is InChI=1S/C23H27N5O3/c29-20(12-19-16-7-1-2-8-17(16)22(30)25-19)28-11-5-6-15(14-28)21-18(13-24-26-21)23(31)27-9-3-4-10-27/h1-2,7-8,13,15,19H,3-6,9-12,14H2,(H,24,26)(H,25,30). The van der Waals surface area contributed by atoms with Gasteiger partial charge in [-0.15, -0.1) is 0 Å². The lowest BCUT2D eigenvalue weighted by atomic mass is 9.91. The summed E-state index contributed by atoms with van der Waals surface area (Å²) in [6.07, 6.45) is 5.76. The predicted octanol–water partition coefficient (Wildman–Crippen LogP) is 2.23. The lowest BCUT2D eigenvalue weighted by molar-refractivity contribution is -0.132. The van der Waals surface area contributed by atoms with Gasteiger partial charge in [0.1, 0.15) is 0 Å². The largest absolute Gasteiger partial charge is 0.345 e. The number of fused-ring (bicyclic) bond motifs is 1. The Kier molecular flexibility index (Phi) is 5.21. The monoisotopic (exact) mass is 421 g/mol.